The second-order valence-corrected chi connectivity index (χ2v) is 4.29. The van der Waals surface area contributed by atoms with E-state index in [1.165, 1.54) is 40.2 Å². The van der Waals surface area contributed by atoms with E-state index in [-0.39, 0.29) is 22.5 Å². The van der Waals surface area contributed by atoms with Crippen molar-refractivity contribution in [3.63, 3.8) is 0 Å². The molecule has 0 bridgehead atoms. The van der Waals surface area contributed by atoms with E-state index in [1.807, 2.05) is 0 Å². The third kappa shape index (κ3) is 4.05. The lowest BCUT2D eigenvalue weighted by Crippen LogP contribution is -2.17. The molecule has 0 aromatic heterocycles. The molecule has 0 aliphatic carbocycles. The van der Waals surface area contributed by atoms with Crippen LogP contribution in [-0.4, -0.2) is 38.0 Å². The van der Waals surface area contributed by atoms with Crippen LogP contribution >= 0.6 is 0 Å². The summed E-state index contributed by atoms with van der Waals surface area (Å²) in [5.74, 6) is -2.33. The third-order valence-electron chi connectivity index (χ3n) is 2.59. The summed E-state index contributed by atoms with van der Waals surface area (Å²) in [5.41, 5.74) is 0.144. The fourth-order valence-corrected chi connectivity index (χ4v) is 1.74. The summed E-state index contributed by atoms with van der Waals surface area (Å²) in [6.45, 7) is 2.50. The van der Waals surface area contributed by atoms with Gasteiger partial charge in [0.2, 0.25) is 11.8 Å². The maximum atomic E-state index is 11.8. The number of hydrogen-bond donors (Lipinski definition) is 2. The van der Waals surface area contributed by atoms with E-state index < -0.39 is 23.8 Å². The summed E-state index contributed by atoms with van der Waals surface area (Å²) < 4.78 is 9.25. The first-order valence-corrected chi connectivity index (χ1v) is 6.20. The molecule has 22 heavy (non-hydrogen) atoms. The monoisotopic (exact) mass is 308 g/mol. The van der Waals surface area contributed by atoms with Gasteiger partial charge in [-0.1, -0.05) is 0 Å². The highest BCUT2D eigenvalue weighted by Gasteiger charge is 2.21. The molecule has 1 rings (SSSR count). The van der Waals surface area contributed by atoms with Gasteiger partial charge >= 0.3 is 11.9 Å². The quantitative estimate of drug-likeness (QED) is 0.808. The largest absolute Gasteiger partial charge is 0.465 e. The standard InChI is InChI=1S/C14H16N2O6/c1-7(17)15-11-5-10(14(20)22-4)12(16-8(2)18)6-9(11)13(19)21-3/h5-6H,1-4H3,(H,15,17)(H,16,18). The van der Waals surface area contributed by atoms with Gasteiger partial charge in [0.25, 0.3) is 0 Å². The molecule has 0 radical (unpaired) electrons. The van der Waals surface area contributed by atoms with Crippen molar-refractivity contribution in [1.29, 1.82) is 0 Å². The van der Waals surface area contributed by atoms with Crippen molar-refractivity contribution in [3.05, 3.63) is 23.3 Å². The predicted octanol–water partition coefficient (Wildman–Crippen LogP) is 1.18. The number of ether oxygens (including phenoxy) is 2. The molecule has 1 aromatic rings. The van der Waals surface area contributed by atoms with Crippen molar-refractivity contribution < 1.29 is 28.7 Å². The van der Waals surface area contributed by atoms with Gasteiger partial charge < -0.3 is 20.1 Å². The zero-order valence-electron chi connectivity index (χ0n) is 12.6. The maximum Gasteiger partial charge on any atom is 0.340 e. The van der Waals surface area contributed by atoms with Crippen molar-refractivity contribution in [2.45, 2.75) is 13.8 Å². The molecule has 0 atom stereocenters. The van der Waals surface area contributed by atoms with Crippen molar-refractivity contribution in [2.24, 2.45) is 0 Å². The molecule has 0 aliphatic rings. The van der Waals surface area contributed by atoms with Gasteiger partial charge in [-0.15, -0.1) is 0 Å². The molecule has 0 aliphatic heterocycles. The van der Waals surface area contributed by atoms with E-state index in [0.717, 1.165) is 0 Å². The second kappa shape index (κ2) is 7.21. The number of anilines is 2. The number of carbonyl (C=O) groups is 4. The normalized spacial score (nSPS) is 9.64. The number of esters is 2. The Kier molecular flexibility index (Phi) is 5.62. The highest BCUT2D eigenvalue weighted by molar-refractivity contribution is 6.08. The summed E-state index contributed by atoms with van der Waals surface area (Å²) in [4.78, 5) is 46.1. The first-order chi connectivity index (χ1) is 10.3. The van der Waals surface area contributed by atoms with Gasteiger partial charge in [0, 0.05) is 13.8 Å². The Morgan fingerprint density at radius 3 is 1.32 bits per heavy atom. The molecule has 0 spiro atoms. The molecule has 0 fully saturated rings. The van der Waals surface area contributed by atoms with Gasteiger partial charge in [-0.2, -0.15) is 0 Å². The molecule has 8 heteroatoms. The number of carbonyl (C=O) groups excluding carboxylic acids is 4. The number of rotatable bonds is 4. The van der Waals surface area contributed by atoms with Crippen molar-refractivity contribution in [1.82, 2.24) is 0 Å². The van der Waals surface area contributed by atoms with Crippen LogP contribution in [0.1, 0.15) is 34.6 Å². The Labute approximate surface area is 126 Å². The highest BCUT2D eigenvalue weighted by atomic mass is 16.5. The van der Waals surface area contributed by atoms with E-state index in [9.17, 15) is 19.2 Å². The molecule has 1 aromatic carbocycles. The average Bonchev–Trinajstić information content (AvgIpc) is 2.45. The van der Waals surface area contributed by atoms with Gasteiger partial charge in [0.1, 0.15) is 0 Å². The number of methoxy groups -OCH3 is 2. The minimum atomic E-state index is -0.730. The molecular weight excluding hydrogens is 292 g/mol. The molecule has 118 valence electrons. The molecule has 0 saturated heterocycles. The van der Waals surface area contributed by atoms with Gasteiger partial charge in [-0.25, -0.2) is 9.59 Å². The van der Waals surface area contributed by atoms with Gasteiger partial charge in [-0.3, -0.25) is 9.59 Å². The van der Waals surface area contributed by atoms with Crippen LogP contribution in [0.25, 0.3) is 0 Å². The smallest absolute Gasteiger partial charge is 0.340 e. The predicted molar refractivity (Wildman–Crippen MR) is 77.7 cm³/mol. The van der Waals surface area contributed by atoms with Crippen LogP contribution in [0.2, 0.25) is 0 Å². The zero-order chi connectivity index (χ0) is 16.9. The molecular formula is C14H16N2O6. The van der Waals surface area contributed by atoms with E-state index >= 15 is 0 Å². The fourth-order valence-electron chi connectivity index (χ4n) is 1.74. The van der Waals surface area contributed by atoms with Crippen LogP contribution < -0.4 is 10.6 Å². The minimum Gasteiger partial charge on any atom is -0.465 e. The topological polar surface area (TPSA) is 111 Å². The third-order valence-corrected chi connectivity index (χ3v) is 2.59. The Balaban J connectivity index is 3.54. The molecule has 2 N–H and O–H groups in total. The fraction of sp³-hybridized carbons (Fsp3) is 0.286. The van der Waals surface area contributed by atoms with Crippen LogP contribution in [-0.2, 0) is 19.1 Å². The van der Waals surface area contributed by atoms with Crippen LogP contribution in [0.4, 0.5) is 11.4 Å². The second-order valence-electron chi connectivity index (χ2n) is 4.29. The van der Waals surface area contributed by atoms with Crippen molar-refractivity contribution >= 4 is 35.1 Å². The maximum absolute atomic E-state index is 11.8. The SMILES string of the molecule is COC(=O)c1cc(NC(C)=O)c(C(=O)OC)cc1NC(C)=O. The minimum absolute atomic E-state index is 0.00546. The van der Waals surface area contributed by atoms with Crippen LogP contribution in [0.15, 0.2) is 12.1 Å². The van der Waals surface area contributed by atoms with Gasteiger partial charge in [0.15, 0.2) is 0 Å². The summed E-state index contributed by atoms with van der Waals surface area (Å²) in [6, 6.07) is 2.48. The lowest BCUT2D eigenvalue weighted by atomic mass is 10.1. The van der Waals surface area contributed by atoms with E-state index in [0.29, 0.717) is 0 Å². The summed E-state index contributed by atoms with van der Waals surface area (Å²) >= 11 is 0. The zero-order valence-corrected chi connectivity index (χ0v) is 12.6. The van der Waals surface area contributed by atoms with Crippen molar-refractivity contribution in [3.8, 4) is 0 Å². The number of nitrogens with one attached hydrogen (secondary N) is 2. The van der Waals surface area contributed by atoms with Gasteiger partial charge in [0.05, 0.1) is 36.7 Å². The first kappa shape index (κ1) is 17.2. The molecule has 8 nitrogen and oxygen atoms in total. The van der Waals surface area contributed by atoms with E-state index in [2.05, 4.69) is 20.1 Å². The Hall–Kier alpha value is -2.90. The lowest BCUT2D eigenvalue weighted by molar-refractivity contribution is -0.115. The van der Waals surface area contributed by atoms with Gasteiger partial charge in [-0.05, 0) is 12.1 Å². The first-order valence-electron chi connectivity index (χ1n) is 6.20. The number of amides is 2. The molecule has 0 heterocycles. The Morgan fingerprint density at radius 1 is 0.773 bits per heavy atom. The van der Waals surface area contributed by atoms with Crippen LogP contribution in [0.5, 0.6) is 0 Å². The summed E-state index contributed by atoms with van der Waals surface area (Å²) in [7, 11) is 2.35. The van der Waals surface area contributed by atoms with Crippen molar-refractivity contribution in [2.75, 3.05) is 24.9 Å². The molecule has 2 amide bonds. The van der Waals surface area contributed by atoms with E-state index in [1.54, 1.807) is 0 Å². The van der Waals surface area contributed by atoms with E-state index in [4.69, 9.17) is 0 Å². The van der Waals surface area contributed by atoms with Crippen LogP contribution in [0, 0.1) is 0 Å². The van der Waals surface area contributed by atoms with Crippen LogP contribution in [0.3, 0.4) is 0 Å². The highest BCUT2D eigenvalue weighted by Crippen LogP contribution is 2.27. The molecule has 0 saturated carbocycles. The number of hydrogen-bond acceptors (Lipinski definition) is 6. The summed E-state index contributed by atoms with van der Waals surface area (Å²) in [5, 5.41) is 4.86. The summed E-state index contributed by atoms with van der Waals surface area (Å²) in [6.07, 6.45) is 0. The number of benzene rings is 1. The Morgan fingerprint density at radius 2 is 1.09 bits per heavy atom. The lowest BCUT2D eigenvalue weighted by Gasteiger charge is -2.14. The Bertz CT molecular complexity index is 583. The average molecular weight is 308 g/mol. The molecule has 0 unspecified atom stereocenters.